The van der Waals surface area contributed by atoms with Crippen molar-refractivity contribution in [2.75, 3.05) is 17.7 Å². The first-order valence-corrected chi connectivity index (χ1v) is 8.70. The average Bonchev–Trinajstić information content (AvgIpc) is 2.68. The van der Waals surface area contributed by atoms with Crippen LogP contribution in [0.15, 0.2) is 60.8 Å². The number of carbonyl (C=O) groups is 1. The van der Waals surface area contributed by atoms with Crippen molar-refractivity contribution in [3.63, 3.8) is 0 Å². The molecule has 3 rings (SSSR count). The zero-order valence-corrected chi connectivity index (χ0v) is 15.6. The van der Waals surface area contributed by atoms with Crippen LogP contribution in [0.4, 0.5) is 17.3 Å². The predicted molar refractivity (Wildman–Crippen MR) is 107 cm³/mol. The molecular weight excluding hydrogens is 340 g/mol. The molecule has 0 fully saturated rings. The summed E-state index contributed by atoms with van der Waals surface area (Å²) in [5, 5.41) is 5.93. The Morgan fingerprint density at radius 2 is 1.81 bits per heavy atom. The zero-order chi connectivity index (χ0) is 19.2. The fraction of sp³-hybridized carbons (Fsp3) is 0.190. The molecule has 0 saturated carbocycles. The van der Waals surface area contributed by atoms with Crippen molar-refractivity contribution in [1.82, 2.24) is 9.97 Å². The number of nitrogens with one attached hydrogen (secondary N) is 2. The summed E-state index contributed by atoms with van der Waals surface area (Å²) in [4.78, 5) is 21.0. The Bertz CT molecular complexity index is 923. The molecule has 0 radical (unpaired) electrons. The topological polar surface area (TPSA) is 76.1 Å². The molecule has 0 bridgehead atoms. The Labute approximate surface area is 158 Å². The molecule has 138 valence electrons. The van der Waals surface area contributed by atoms with E-state index in [1.54, 1.807) is 31.5 Å². The maximum atomic E-state index is 12.5. The van der Waals surface area contributed by atoms with Crippen LogP contribution in [0.1, 0.15) is 35.8 Å². The van der Waals surface area contributed by atoms with Crippen molar-refractivity contribution in [3.8, 4) is 5.75 Å². The van der Waals surface area contributed by atoms with E-state index >= 15 is 0 Å². The molecule has 6 heteroatoms. The van der Waals surface area contributed by atoms with Crippen molar-refractivity contribution >= 4 is 23.2 Å². The van der Waals surface area contributed by atoms with Gasteiger partial charge in [-0.2, -0.15) is 0 Å². The smallest absolute Gasteiger partial charge is 0.274 e. The number of hydrogen-bond acceptors (Lipinski definition) is 5. The molecule has 2 aromatic carbocycles. The van der Waals surface area contributed by atoms with Gasteiger partial charge in [-0.25, -0.2) is 9.97 Å². The third kappa shape index (κ3) is 4.82. The summed E-state index contributed by atoms with van der Waals surface area (Å²) in [7, 11) is 1.58. The minimum atomic E-state index is -0.316. The van der Waals surface area contributed by atoms with Gasteiger partial charge in [-0.1, -0.05) is 32.0 Å². The molecule has 1 heterocycles. The molecule has 0 aliphatic carbocycles. The summed E-state index contributed by atoms with van der Waals surface area (Å²) in [6.07, 6.45) is 1.55. The normalized spacial score (nSPS) is 10.5. The van der Waals surface area contributed by atoms with E-state index in [2.05, 4.69) is 46.6 Å². The standard InChI is InChI=1S/C21H22N4O2/c1-14(2)15-7-9-16(10-8-15)24-21-22-12-11-19(25-21)20(26)23-17-5-4-6-18(13-17)27-3/h4-14H,1-3H3,(H,23,26)(H,22,24,25). The molecule has 2 N–H and O–H groups in total. The third-order valence-electron chi connectivity index (χ3n) is 4.05. The first kappa shape index (κ1) is 18.4. The Morgan fingerprint density at radius 3 is 2.52 bits per heavy atom. The molecule has 3 aromatic rings. The number of benzene rings is 2. The Hall–Kier alpha value is -3.41. The van der Waals surface area contributed by atoms with Gasteiger partial charge in [0.2, 0.25) is 5.95 Å². The molecule has 0 unspecified atom stereocenters. The molecule has 1 aromatic heterocycles. The van der Waals surface area contributed by atoms with E-state index in [-0.39, 0.29) is 11.6 Å². The van der Waals surface area contributed by atoms with E-state index in [0.29, 0.717) is 23.3 Å². The SMILES string of the molecule is COc1cccc(NC(=O)c2ccnc(Nc3ccc(C(C)C)cc3)n2)c1. The predicted octanol–water partition coefficient (Wildman–Crippen LogP) is 4.60. The van der Waals surface area contributed by atoms with Gasteiger partial charge in [-0.3, -0.25) is 4.79 Å². The summed E-state index contributed by atoms with van der Waals surface area (Å²) in [6.45, 7) is 4.30. The van der Waals surface area contributed by atoms with Crippen LogP contribution in [0, 0.1) is 0 Å². The number of nitrogens with zero attached hydrogens (tertiary/aromatic N) is 2. The van der Waals surface area contributed by atoms with E-state index in [4.69, 9.17) is 4.74 Å². The number of carbonyl (C=O) groups excluding carboxylic acids is 1. The maximum absolute atomic E-state index is 12.5. The van der Waals surface area contributed by atoms with Crippen molar-refractivity contribution in [1.29, 1.82) is 0 Å². The summed E-state index contributed by atoms with van der Waals surface area (Å²) >= 11 is 0. The van der Waals surface area contributed by atoms with Crippen LogP contribution in [0.2, 0.25) is 0 Å². The van der Waals surface area contributed by atoms with E-state index in [1.807, 2.05) is 24.3 Å². The highest BCUT2D eigenvalue weighted by Crippen LogP contribution is 2.20. The monoisotopic (exact) mass is 362 g/mol. The first-order chi connectivity index (χ1) is 13.0. The molecular formula is C21H22N4O2. The minimum absolute atomic E-state index is 0.272. The van der Waals surface area contributed by atoms with Gasteiger partial charge in [0.25, 0.3) is 5.91 Å². The van der Waals surface area contributed by atoms with E-state index < -0.39 is 0 Å². The van der Waals surface area contributed by atoms with Crippen LogP contribution >= 0.6 is 0 Å². The fourth-order valence-corrected chi connectivity index (χ4v) is 2.52. The largest absolute Gasteiger partial charge is 0.497 e. The molecule has 1 amide bonds. The molecule has 0 saturated heterocycles. The molecule has 0 spiro atoms. The molecule has 27 heavy (non-hydrogen) atoms. The highest BCUT2D eigenvalue weighted by molar-refractivity contribution is 6.03. The summed E-state index contributed by atoms with van der Waals surface area (Å²) < 4.78 is 5.16. The van der Waals surface area contributed by atoms with Crippen molar-refractivity contribution in [3.05, 3.63) is 72.1 Å². The number of hydrogen-bond donors (Lipinski definition) is 2. The zero-order valence-electron chi connectivity index (χ0n) is 15.6. The molecule has 0 aliphatic heterocycles. The summed E-state index contributed by atoms with van der Waals surface area (Å²) in [6, 6.07) is 16.8. The van der Waals surface area contributed by atoms with Gasteiger partial charge >= 0.3 is 0 Å². The van der Waals surface area contributed by atoms with Crippen LogP contribution in [0.5, 0.6) is 5.75 Å². The van der Waals surface area contributed by atoms with Crippen molar-refractivity contribution < 1.29 is 9.53 Å². The molecule has 6 nitrogen and oxygen atoms in total. The average molecular weight is 362 g/mol. The number of methoxy groups -OCH3 is 1. The van der Waals surface area contributed by atoms with Gasteiger partial charge < -0.3 is 15.4 Å². The van der Waals surface area contributed by atoms with E-state index in [0.717, 1.165) is 5.69 Å². The lowest BCUT2D eigenvalue weighted by Crippen LogP contribution is -2.14. The van der Waals surface area contributed by atoms with Gasteiger partial charge in [-0.05, 0) is 41.8 Å². The number of rotatable bonds is 6. The van der Waals surface area contributed by atoms with Crippen LogP contribution in [-0.2, 0) is 0 Å². The van der Waals surface area contributed by atoms with E-state index in [9.17, 15) is 4.79 Å². The second kappa shape index (κ2) is 8.31. The second-order valence-corrected chi connectivity index (χ2v) is 6.35. The van der Waals surface area contributed by atoms with Crippen LogP contribution in [0.3, 0.4) is 0 Å². The van der Waals surface area contributed by atoms with Crippen molar-refractivity contribution in [2.24, 2.45) is 0 Å². The highest BCUT2D eigenvalue weighted by atomic mass is 16.5. The highest BCUT2D eigenvalue weighted by Gasteiger charge is 2.10. The molecule has 0 atom stereocenters. The Kier molecular flexibility index (Phi) is 5.66. The number of aromatic nitrogens is 2. The quantitative estimate of drug-likeness (QED) is 0.670. The fourth-order valence-electron chi connectivity index (χ4n) is 2.52. The lowest BCUT2D eigenvalue weighted by Gasteiger charge is -2.09. The minimum Gasteiger partial charge on any atom is -0.497 e. The lowest BCUT2D eigenvalue weighted by atomic mass is 10.0. The summed E-state index contributed by atoms with van der Waals surface area (Å²) in [5.41, 5.74) is 3.03. The van der Waals surface area contributed by atoms with Gasteiger partial charge in [0.15, 0.2) is 0 Å². The summed E-state index contributed by atoms with van der Waals surface area (Å²) in [5.74, 6) is 1.19. The van der Waals surface area contributed by atoms with Crippen molar-refractivity contribution in [2.45, 2.75) is 19.8 Å². The van der Waals surface area contributed by atoms with Gasteiger partial charge in [0.1, 0.15) is 11.4 Å². The van der Waals surface area contributed by atoms with Crippen LogP contribution < -0.4 is 15.4 Å². The van der Waals surface area contributed by atoms with Crippen LogP contribution in [-0.4, -0.2) is 23.0 Å². The number of amides is 1. The number of ether oxygens (including phenoxy) is 1. The first-order valence-electron chi connectivity index (χ1n) is 8.70. The Balaban J connectivity index is 1.71. The second-order valence-electron chi connectivity index (χ2n) is 6.35. The Morgan fingerprint density at radius 1 is 1.04 bits per heavy atom. The van der Waals surface area contributed by atoms with E-state index in [1.165, 1.54) is 5.56 Å². The van der Waals surface area contributed by atoms with Crippen LogP contribution in [0.25, 0.3) is 0 Å². The van der Waals surface area contributed by atoms with Gasteiger partial charge in [0, 0.05) is 23.6 Å². The number of anilines is 3. The lowest BCUT2D eigenvalue weighted by molar-refractivity contribution is 0.102. The van der Waals surface area contributed by atoms with Gasteiger partial charge in [0.05, 0.1) is 7.11 Å². The molecule has 0 aliphatic rings. The maximum Gasteiger partial charge on any atom is 0.274 e. The van der Waals surface area contributed by atoms with Gasteiger partial charge in [-0.15, -0.1) is 0 Å². The third-order valence-corrected chi connectivity index (χ3v) is 4.05.